The molecule has 0 unspecified atom stereocenters. The Morgan fingerprint density at radius 2 is 2.04 bits per heavy atom. The van der Waals surface area contributed by atoms with Gasteiger partial charge in [0.05, 0.1) is 31.9 Å². The fourth-order valence-electron chi connectivity index (χ4n) is 3.50. The summed E-state index contributed by atoms with van der Waals surface area (Å²) in [6.07, 6.45) is 8.08. The molecule has 26 heavy (non-hydrogen) atoms. The first-order valence-corrected chi connectivity index (χ1v) is 8.59. The SMILES string of the molecule is COc1ccc(F)c(-c2nccn2[C@@H]2COC[C@@H]2Cc2ccncc2)c1. The summed E-state index contributed by atoms with van der Waals surface area (Å²) < 4.78 is 27.4. The van der Waals surface area contributed by atoms with E-state index >= 15 is 0 Å². The Labute approximate surface area is 151 Å². The number of imidazole rings is 1. The van der Waals surface area contributed by atoms with Crippen LogP contribution in [0.4, 0.5) is 4.39 Å². The molecule has 0 bridgehead atoms. The molecule has 1 fully saturated rings. The van der Waals surface area contributed by atoms with Crippen LogP contribution in [0.3, 0.4) is 0 Å². The van der Waals surface area contributed by atoms with Crippen molar-refractivity contribution >= 4 is 0 Å². The molecule has 0 saturated carbocycles. The average Bonchev–Trinajstić information content (AvgIpc) is 3.32. The molecule has 0 radical (unpaired) electrons. The number of nitrogens with zero attached hydrogens (tertiary/aromatic N) is 3. The van der Waals surface area contributed by atoms with Gasteiger partial charge in [0.1, 0.15) is 17.4 Å². The van der Waals surface area contributed by atoms with Crippen molar-refractivity contribution in [3.05, 3.63) is 66.5 Å². The molecule has 0 N–H and O–H groups in total. The van der Waals surface area contributed by atoms with Crippen LogP contribution in [0.5, 0.6) is 5.75 Å². The molecule has 1 saturated heterocycles. The summed E-state index contributed by atoms with van der Waals surface area (Å²) >= 11 is 0. The van der Waals surface area contributed by atoms with E-state index in [1.807, 2.05) is 22.9 Å². The van der Waals surface area contributed by atoms with Crippen molar-refractivity contribution in [2.24, 2.45) is 5.92 Å². The van der Waals surface area contributed by atoms with E-state index in [1.54, 1.807) is 37.8 Å². The maximum atomic E-state index is 14.4. The standard InChI is InChI=1S/C20H20FN3O2/c1-25-16-2-3-18(21)17(11-16)20-23-8-9-24(20)19-13-26-12-15(19)10-14-4-6-22-7-5-14/h2-9,11,15,19H,10,12-13H2,1H3/t15-,19+/m0/s1. The van der Waals surface area contributed by atoms with Crippen molar-refractivity contribution in [2.45, 2.75) is 12.5 Å². The van der Waals surface area contributed by atoms with Crippen LogP contribution in [0.15, 0.2) is 55.1 Å². The molecule has 0 amide bonds. The fourth-order valence-corrected chi connectivity index (χ4v) is 3.50. The molecule has 4 rings (SSSR count). The molecule has 0 aliphatic carbocycles. The molecule has 1 aromatic carbocycles. The Bertz CT molecular complexity index is 882. The van der Waals surface area contributed by atoms with Gasteiger partial charge in [0, 0.05) is 30.7 Å². The second kappa shape index (κ2) is 7.25. The van der Waals surface area contributed by atoms with Crippen LogP contribution in [0.1, 0.15) is 11.6 Å². The average molecular weight is 353 g/mol. The number of methoxy groups -OCH3 is 1. The first-order chi connectivity index (χ1) is 12.8. The van der Waals surface area contributed by atoms with Crippen molar-refractivity contribution in [3.63, 3.8) is 0 Å². The van der Waals surface area contributed by atoms with Crippen LogP contribution in [0, 0.1) is 11.7 Å². The normalized spacial score (nSPS) is 19.6. The number of pyridine rings is 1. The Hall–Kier alpha value is -2.73. The second-order valence-corrected chi connectivity index (χ2v) is 6.43. The Kier molecular flexibility index (Phi) is 4.67. The van der Waals surface area contributed by atoms with Gasteiger partial charge < -0.3 is 14.0 Å². The fraction of sp³-hybridized carbons (Fsp3) is 0.300. The molecule has 1 aliphatic heterocycles. The molecule has 134 valence electrons. The van der Waals surface area contributed by atoms with Gasteiger partial charge in [-0.15, -0.1) is 0 Å². The zero-order valence-corrected chi connectivity index (χ0v) is 14.5. The van der Waals surface area contributed by atoms with E-state index in [0.717, 1.165) is 6.42 Å². The van der Waals surface area contributed by atoms with Crippen molar-refractivity contribution in [3.8, 4) is 17.1 Å². The van der Waals surface area contributed by atoms with Gasteiger partial charge in [-0.3, -0.25) is 4.98 Å². The number of rotatable bonds is 5. The van der Waals surface area contributed by atoms with Crippen molar-refractivity contribution in [1.82, 2.24) is 14.5 Å². The predicted molar refractivity (Wildman–Crippen MR) is 95.5 cm³/mol. The molecule has 0 spiro atoms. The highest BCUT2D eigenvalue weighted by Crippen LogP contribution is 2.34. The van der Waals surface area contributed by atoms with Crippen LogP contribution >= 0.6 is 0 Å². The lowest BCUT2D eigenvalue weighted by Crippen LogP contribution is -2.20. The van der Waals surface area contributed by atoms with E-state index < -0.39 is 0 Å². The van der Waals surface area contributed by atoms with Gasteiger partial charge in [0.25, 0.3) is 0 Å². The van der Waals surface area contributed by atoms with Gasteiger partial charge in [-0.25, -0.2) is 9.37 Å². The quantitative estimate of drug-likeness (QED) is 0.704. The van der Waals surface area contributed by atoms with Crippen LogP contribution < -0.4 is 4.74 Å². The topological polar surface area (TPSA) is 49.2 Å². The van der Waals surface area contributed by atoms with E-state index in [0.29, 0.717) is 36.3 Å². The predicted octanol–water partition coefficient (Wildman–Crippen LogP) is 3.52. The maximum absolute atomic E-state index is 14.4. The van der Waals surface area contributed by atoms with Crippen molar-refractivity contribution in [1.29, 1.82) is 0 Å². The number of benzene rings is 1. The van der Waals surface area contributed by atoms with Crippen molar-refractivity contribution < 1.29 is 13.9 Å². The number of hydrogen-bond acceptors (Lipinski definition) is 4. The summed E-state index contributed by atoms with van der Waals surface area (Å²) in [6.45, 7) is 1.26. The van der Waals surface area contributed by atoms with Crippen LogP contribution in [0.2, 0.25) is 0 Å². The lowest BCUT2D eigenvalue weighted by atomic mass is 9.95. The summed E-state index contributed by atoms with van der Waals surface area (Å²) in [7, 11) is 1.57. The van der Waals surface area contributed by atoms with Gasteiger partial charge in [-0.2, -0.15) is 0 Å². The van der Waals surface area contributed by atoms with Crippen LogP contribution in [-0.2, 0) is 11.2 Å². The Morgan fingerprint density at radius 3 is 2.85 bits per heavy atom. The minimum atomic E-state index is -0.317. The summed E-state index contributed by atoms with van der Waals surface area (Å²) in [5, 5.41) is 0. The highest BCUT2D eigenvalue weighted by Gasteiger charge is 2.31. The summed E-state index contributed by atoms with van der Waals surface area (Å²) in [6, 6.07) is 8.84. The van der Waals surface area contributed by atoms with E-state index in [-0.39, 0.29) is 11.9 Å². The zero-order valence-electron chi connectivity index (χ0n) is 14.5. The Morgan fingerprint density at radius 1 is 1.19 bits per heavy atom. The largest absolute Gasteiger partial charge is 0.497 e. The number of aromatic nitrogens is 3. The molecular formula is C20H20FN3O2. The lowest BCUT2D eigenvalue weighted by molar-refractivity contribution is 0.181. The molecule has 1 aliphatic rings. The molecule has 2 atom stereocenters. The van der Waals surface area contributed by atoms with Crippen LogP contribution in [-0.4, -0.2) is 34.9 Å². The van der Waals surface area contributed by atoms with Gasteiger partial charge in [0.15, 0.2) is 0 Å². The minimum Gasteiger partial charge on any atom is -0.497 e. The van der Waals surface area contributed by atoms with Crippen LogP contribution in [0.25, 0.3) is 11.4 Å². The van der Waals surface area contributed by atoms with E-state index in [1.165, 1.54) is 11.6 Å². The highest BCUT2D eigenvalue weighted by atomic mass is 19.1. The molecule has 3 aromatic rings. The first kappa shape index (κ1) is 16.7. The maximum Gasteiger partial charge on any atom is 0.143 e. The molecule has 5 nitrogen and oxygen atoms in total. The summed E-state index contributed by atoms with van der Waals surface area (Å²) in [5.74, 6) is 1.17. The number of ether oxygens (including phenoxy) is 2. The first-order valence-electron chi connectivity index (χ1n) is 8.59. The third-order valence-electron chi connectivity index (χ3n) is 4.85. The highest BCUT2D eigenvalue weighted by molar-refractivity contribution is 5.59. The number of halogens is 1. The third kappa shape index (κ3) is 3.20. The van der Waals surface area contributed by atoms with Gasteiger partial charge in [0.2, 0.25) is 0 Å². The molecule has 2 aromatic heterocycles. The second-order valence-electron chi connectivity index (χ2n) is 6.43. The molecule has 3 heterocycles. The van der Waals surface area contributed by atoms with E-state index in [4.69, 9.17) is 9.47 Å². The van der Waals surface area contributed by atoms with Gasteiger partial charge >= 0.3 is 0 Å². The minimum absolute atomic E-state index is 0.103. The van der Waals surface area contributed by atoms with E-state index in [9.17, 15) is 4.39 Å². The zero-order chi connectivity index (χ0) is 17.9. The number of hydrogen-bond donors (Lipinski definition) is 0. The summed E-state index contributed by atoms with van der Waals surface area (Å²) in [5.41, 5.74) is 1.65. The molecular weight excluding hydrogens is 333 g/mol. The van der Waals surface area contributed by atoms with Gasteiger partial charge in [-0.05, 0) is 42.3 Å². The lowest BCUT2D eigenvalue weighted by Gasteiger charge is -2.21. The smallest absolute Gasteiger partial charge is 0.143 e. The van der Waals surface area contributed by atoms with E-state index in [2.05, 4.69) is 9.97 Å². The Balaban J connectivity index is 1.66. The third-order valence-corrected chi connectivity index (χ3v) is 4.85. The summed E-state index contributed by atoms with van der Waals surface area (Å²) in [4.78, 5) is 8.48. The molecule has 6 heteroatoms. The monoisotopic (exact) mass is 353 g/mol. The van der Waals surface area contributed by atoms with Crippen molar-refractivity contribution in [2.75, 3.05) is 20.3 Å². The van der Waals surface area contributed by atoms with Gasteiger partial charge in [-0.1, -0.05) is 0 Å².